The molecular formula is C14H15F2N3O2. The molecule has 1 amide bonds. The lowest BCUT2D eigenvalue weighted by molar-refractivity contribution is -0.115. The third-order valence-electron chi connectivity index (χ3n) is 2.91. The van der Waals surface area contributed by atoms with Gasteiger partial charge in [-0.2, -0.15) is 13.9 Å². The van der Waals surface area contributed by atoms with Crippen molar-refractivity contribution in [3.05, 3.63) is 41.2 Å². The molecule has 0 atom stereocenters. The lowest BCUT2D eigenvalue weighted by Gasteiger charge is -2.07. The number of ether oxygens (including phenoxy) is 1. The smallest absolute Gasteiger partial charge is 0.387 e. The van der Waals surface area contributed by atoms with Gasteiger partial charge in [0, 0.05) is 0 Å². The molecule has 0 bridgehead atoms. The molecule has 5 nitrogen and oxygen atoms in total. The van der Waals surface area contributed by atoms with Crippen LogP contribution < -0.4 is 10.1 Å². The Kier molecular flexibility index (Phi) is 4.52. The van der Waals surface area contributed by atoms with E-state index in [0.717, 1.165) is 5.69 Å². The third kappa shape index (κ3) is 4.01. The fraction of sp³-hybridized carbons (Fsp3) is 0.286. The molecule has 1 aromatic heterocycles. The van der Waals surface area contributed by atoms with E-state index >= 15 is 0 Å². The zero-order chi connectivity index (χ0) is 15.4. The monoisotopic (exact) mass is 295 g/mol. The van der Waals surface area contributed by atoms with E-state index in [9.17, 15) is 13.6 Å². The highest BCUT2D eigenvalue weighted by molar-refractivity contribution is 5.93. The summed E-state index contributed by atoms with van der Waals surface area (Å²) in [5.74, 6) is -0.138. The number of alkyl halides is 2. The highest BCUT2D eigenvalue weighted by Crippen LogP contribution is 2.18. The minimum Gasteiger partial charge on any atom is -0.435 e. The van der Waals surface area contributed by atoms with E-state index < -0.39 is 6.61 Å². The fourth-order valence-electron chi connectivity index (χ4n) is 1.89. The molecule has 0 aliphatic carbocycles. The van der Waals surface area contributed by atoms with Crippen LogP contribution in [0.3, 0.4) is 0 Å². The summed E-state index contributed by atoms with van der Waals surface area (Å²) in [6.07, 6.45) is 0.138. The number of aromatic amines is 1. The van der Waals surface area contributed by atoms with Crippen LogP contribution in [-0.4, -0.2) is 22.7 Å². The summed E-state index contributed by atoms with van der Waals surface area (Å²) in [7, 11) is 0. The van der Waals surface area contributed by atoms with Crippen molar-refractivity contribution >= 4 is 11.6 Å². The third-order valence-corrected chi connectivity index (χ3v) is 2.91. The van der Waals surface area contributed by atoms with Crippen molar-refractivity contribution in [3.63, 3.8) is 0 Å². The molecule has 0 saturated heterocycles. The van der Waals surface area contributed by atoms with Gasteiger partial charge < -0.3 is 10.1 Å². The quantitative estimate of drug-likeness (QED) is 0.891. The van der Waals surface area contributed by atoms with Gasteiger partial charge in [0.25, 0.3) is 0 Å². The number of hydrogen-bond acceptors (Lipinski definition) is 3. The van der Waals surface area contributed by atoms with E-state index in [1.165, 1.54) is 12.1 Å². The Labute approximate surface area is 120 Å². The van der Waals surface area contributed by atoms with E-state index in [2.05, 4.69) is 20.3 Å². The second kappa shape index (κ2) is 6.34. The molecule has 1 aromatic carbocycles. The average Bonchev–Trinajstić information content (AvgIpc) is 2.72. The molecule has 2 aromatic rings. The van der Waals surface area contributed by atoms with Crippen LogP contribution >= 0.6 is 0 Å². The minimum atomic E-state index is -2.86. The number of carbonyl (C=O) groups is 1. The lowest BCUT2D eigenvalue weighted by atomic mass is 10.1. The maximum atomic E-state index is 12.0. The number of amides is 1. The number of rotatable bonds is 5. The molecule has 7 heteroatoms. The van der Waals surface area contributed by atoms with Crippen molar-refractivity contribution < 1.29 is 18.3 Å². The van der Waals surface area contributed by atoms with Gasteiger partial charge in [-0.15, -0.1) is 0 Å². The number of halogens is 2. The number of H-pyrrole nitrogens is 1. The Hall–Kier alpha value is -2.44. The number of nitrogens with one attached hydrogen (secondary N) is 2. The Balaban J connectivity index is 1.97. The van der Waals surface area contributed by atoms with Gasteiger partial charge in [0.05, 0.1) is 23.5 Å². The van der Waals surface area contributed by atoms with Gasteiger partial charge in [-0.05, 0) is 31.5 Å². The van der Waals surface area contributed by atoms with Crippen LogP contribution in [0.5, 0.6) is 5.75 Å². The average molecular weight is 295 g/mol. The van der Waals surface area contributed by atoms with Gasteiger partial charge in [0.2, 0.25) is 5.91 Å². The van der Waals surface area contributed by atoms with E-state index in [-0.39, 0.29) is 18.1 Å². The van der Waals surface area contributed by atoms with Gasteiger partial charge in [-0.3, -0.25) is 9.89 Å². The van der Waals surface area contributed by atoms with Crippen molar-refractivity contribution in [2.75, 3.05) is 5.32 Å². The highest BCUT2D eigenvalue weighted by Gasteiger charge is 2.11. The van der Waals surface area contributed by atoms with Crippen molar-refractivity contribution in [3.8, 4) is 5.75 Å². The molecule has 0 saturated carbocycles. The number of anilines is 1. The van der Waals surface area contributed by atoms with Crippen molar-refractivity contribution in [2.45, 2.75) is 26.9 Å². The summed E-state index contributed by atoms with van der Waals surface area (Å²) < 4.78 is 28.3. The molecular weight excluding hydrogens is 280 g/mol. The number of hydrogen-bond donors (Lipinski definition) is 2. The highest BCUT2D eigenvalue weighted by atomic mass is 19.3. The molecule has 0 unspecified atom stereocenters. The molecule has 0 radical (unpaired) electrons. The normalized spacial score (nSPS) is 10.7. The van der Waals surface area contributed by atoms with Crippen LogP contribution in [0.1, 0.15) is 17.0 Å². The first-order valence-corrected chi connectivity index (χ1v) is 6.31. The van der Waals surface area contributed by atoms with Gasteiger partial charge >= 0.3 is 6.61 Å². The van der Waals surface area contributed by atoms with Crippen LogP contribution in [0.4, 0.5) is 14.5 Å². The largest absolute Gasteiger partial charge is 0.435 e. The second-order valence-corrected chi connectivity index (χ2v) is 4.56. The van der Waals surface area contributed by atoms with Crippen LogP contribution in [0, 0.1) is 13.8 Å². The van der Waals surface area contributed by atoms with Crippen LogP contribution in [0.15, 0.2) is 24.3 Å². The van der Waals surface area contributed by atoms with Crippen molar-refractivity contribution in [1.29, 1.82) is 0 Å². The van der Waals surface area contributed by atoms with E-state index in [0.29, 0.717) is 16.9 Å². The van der Waals surface area contributed by atoms with E-state index in [1.807, 2.05) is 6.92 Å². The summed E-state index contributed by atoms with van der Waals surface area (Å²) >= 11 is 0. The molecule has 2 N–H and O–H groups in total. The van der Waals surface area contributed by atoms with Crippen LogP contribution in [0.2, 0.25) is 0 Å². The first-order chi connectivity index (χ1) is 9.95. The molecule has 2 rings (SSSR count). The molecule has 1 heterocycles. The Morgan fingerprint density at radius 3 is 2.52 bits per heavy atom. The Morgan fingerprint density at radius 1 is 1.33 bits per heavy atom. The molecule has 0 fully saturated rings. The first-order valence-electron chi connectivity index (χ1n) is 6.31. The van der Waals surface area contributed by atoms with Gasteiger partial charge in [0.15, 0.2) is 0 Å². The standard InChI is InChI=1S/C14H15F2N3O2/c1-8-13(9(2)19-18-8)17-12(20)7-10-3-5-11(6-4-10)21-14(15)16/h3-6,14H,7H2,1-2H3,(H,17,20)(H,18,19). The van der Waals surface area contributed by atoms with Gasteiger partial charge in [0.1, 0.15) is 5.75 Å². The topological polar surface area (TPSA) is 67.0 Å². The number of benzene rings is 1. The Bertz CT molecular complexity index is 604. The maximum absolute atomic E-state index is 12.0. The minimum absolute atomic E-state index is 0.0654. The van der Waals surface area contributed by atoms with Gasteiger partial charge in [-0.25, -0.2) is 0 Å². The van der Waals surface area contributed by atoms with Gasteiger partial charge in [-0.1, -0.05) is 12.1 Å². The zero-order valence-electron chi connectivity index (χ0n) is 11.6. The maximum Gasteiger partial charge on any atom is 0.387 e. The van der Waals surface area contributed by atoms with Crippen LogP contribution in [-0.2, 0) is 11.2 Å². The fourth-order valence-corrected chi connectivity index (χ4v) is 1.89. The number of carbonyl (C=O) groups excluding carboxylic acids is 1. The number of aromatic nitrogens is 2. The summed E-state index contributed by atoms with van der Waals surface area (Å²) in [5, 5.41) is 9.54. The molecule has 0 spiro atoms. The Morgan fingerprint density at radius 2 is 2.00 bits per heavy atom. The lowest BCUT2D eigenvalue weighted by Crippen LogP contribution is -2.15. The predicted molar refractivity (Wildman–Crippen MR) is 73.5 cm³/mol. The summed E-state index contributed by atoms with van der Waals surface area (Å²) in [6, 6.07) is 5.96. The molecule has 0 aliphatic rings. The molecule has 21 heavy (non-hydrogen) atoms. The zero-order valence-corrected chi connectivity index (χ0v) is 11.6. The number of nitrogens with zero attached hydrogens (tertiary/aromatic N) is 1. The van der Waals surface area contributed by atoms with Crippen molar-refractivity contribution in [2.24, 2.45) is 0 Å². The SMILES string of the molecule is Cc1n[nH]c(C)c1NC(=O)Cc1ccc(OC(F)F)cc1. The summed E-state index contributed by atoms with van der Waals surface area (Å²) in [4.78, 5) is 11.9. The van der Waals surface area contributed by atoms with E-state index in [4.69, 9.17) is 0 Å². The number of aryl methyl sites for hydroxylation is 2. The molecule has 0 aliphatic heterocycles. The molecule has 112 valence electrons. The van der Waals surface area contributed by atoms with Crippen molar-refractivity contribution in [1.82, 2.24) is 10.2 Å². The summed E-state index contributed by atoms with van der Waals surface area (Å²) in [6.45, 7) is 0.744. The second-order valence-electron chi connectivity index (χ2n) is 4.56. The van der Waals surface area contributed by atoms with Crippen LogP contribution in [0.25, 0.3) is 0 Å². The van der Waals surface area contributed by atoms with E-state index in [1.54, 1.807) is 19.1 Å². The predicted octanol–water partition coefficient (Wildman–Crippen LogP) is 2.81. The summed E-state index contributed by atoms with van der Waals surface area (Å²) in [5.41, 5.74) is 2.86. The first kappa shape index (κ1) is 15.0.